The standard InChI is InChI=1S/C27H30N2O6/c30-24(31)15-17-7-5-6-13-29(17)26(32)25-23(12-14-34-25)28-27(33)35-16-22-20-10-3-1-8-18(20)19-9-2-4-11-21(19)22/h1-4,8-11,17,22-23,25H,5-7,12-16H2,(H,28,33)(H,30,31)/t17-,23-,25+/m0/s1. The fraction of sp³-hybridized carbons (Fsp3) is 0.444. The van der Waals surface area contributed by atoms with E-state index in [9.17, 15) is 19.5 Å². The molecule has 3 aliphatic rings. The van der Waals surface area contributed by atoms with Crippen LogP contribution in [-0.4, -0.2) is 65.9 Å². The van der Waals surface area contributed by atoms with E-state index in [-0.39, 0.29) is 30.9 Å². The molecular weight excluding hydrogens is 448 g/mol. The first kappa shape index (κ1) is 23.4. The summed E-state index contributed by atoms with van der Waals surface area (Å²) in [6.07, 6.45) is 1.40. The maximum absolute atomic E-state index is 13.2. The van der Waals surface area contributed by atoms with Gasteiger partial charge in [-0.1, -0.05) is 48.5 Å². The highest BCUT2D eigenvalue weighted by molar-refractivity contribution is 5.84. The van der Waals surface area contributed by atoms with Gasteiger partial charge in [0.2, 0.25) is 0 Å². The van der Waals surface area contributed by atoms with Gasteiger partial charge in [-0.25, -0.2) is 4.79 Å². The third kappa shape index (κ3) is 4.75. The number of rotatable bonds is 6. The number of carbonyl (C=O) groups is 3. The molecule has 2 aromatic rings. The number of benzene rings is 2. The number of nitrogens with one attached hydrogen (secondary N) is 1. The van der Waals surface area contributed by atoms with Crippen LogP contribution in [0.5, 0.6) is 0 Å². The summed E-state index contributed by atoms with van der Waals surface area (Å²) in [4.78, 5) is 38.9. The predicted molar refractivity (Wildman–Crippen MR) is 128 cm³/mol. The van der Waals surface area contributed by atoms with Crippen molar-refractivity contribution < 1.29 is 29.0 Å². The second-order valence-corrected chi connectivity index (χ2v) is 9.44. The number of piperidine rings is 1. The minimum absolute atomic E-state index is 0.0458. The zero-order chi connectivity index (χ0) is 24.4. The summed E-state index contributed by atoms with van der Waals surface area (Å²) in [5.41, 5.74) is 4.58. The molecular formula is C27H30N2O6. The van der Waals surface area contributed by atoms with Crippen molar-refractivity contribution >= 4 is 18.0 Å². The highest BCUT2D eigenvalue weighted by Crippen LogP contribution is 2.44. The van der Waals surface area contributed by atoms with E-state index in [0.717, 1.165) is 35.1 Å². The van der Waals surface area contributed by atoms with Gasteiger partial charge >= 0.3 is 12.1 Å². The Morgan fingerprint density at radius 3 is 2.37 bits per heavy atom. The van der Waals surface area contributed by atoms with Gasteiger partial charge in [-0.2, -0.15) is 0 Å². The Morgan fingerprint density at radius 2 is 1.69 bits per heavy atom. The van der Waals surface area contributed by atoms with Crippen LogP contribution in [-0.2, 0) is 19.1 Å². The number of aliphatic carboxylic acids is 1. The highest BCUT2D eigenvalue weighted by Gasteiger charge is 2.41. The lowest BCUT2D eigenvalue weighted by Gasteiger charge is -2.37. The molecule has 8 nitrogen and oxygen atoms in total. The molecule has 2 fully saturated rings. The van der Waals surface area contributed by atoms with Crippen LogP contribution in [0.3, 0.4) is 0 Å². The average molecular weight is 479 g/mol. The number of fused-ring (bicyclic) bond motifs is 3. The Balaban J connectivity index is 1.22. The molecule has 2 saturated heterocycles. The van der Waals surface area contributed by atoms with Gasteiger partial charge in [-0.15, -0.1) is 0 Å². The lowest BCUT2D eigenvalue weighted by Crippen LogP contribution is -2.54. The van der Waals surface area contributed by atoms with E-state index in [2.05, 4.69) is 29.6 Å². The van der Waals surface area contributed by atoms with E-state index in [1.807, 2.05) is 24.3 Å². The maximum atomic E-state index is 13.2. The lowest BCUT2D eigenvalue weighted by atomic mass is 9.97. The molecule has 8 heteroatoms. The number of carboxylic acid groups (broad SMARTS) is 1. The number of amides is 2. The Bertz CT molecular complexity index is 1070. The van der Waals surface area contributed by atoms with Crippen LogP contribution < -0.4 is 5.32 Å². The van der Waals surface area contributed by atoms with Gasteiger partial charge in [-0.05, 0) is 47.9 Å². The van der Waals surface area contributed by atoms with Gasteiger partial charge in [0.1, 0.15) is 6.61 Å². The van der Waals surface area contributed by atoms with Gasteiger partial charge in [0.15, 0.2) is 6.10 Å². The second-order valence-electron chi connectivity index (χ2n) is 9.44. The molecule has 2 amide bonds. The second kappa shape index (κ2) is 10.1. The monoisotopic (exact) mass is 478 g/mol. The third-order valence-electron chi connectivity index (χ3n) is 7.30. The van der Waals surface area contributed by atoms with Gasteiger partial charge in [0.05, 0.1) is 12.5 Å². The van der Waals surface area contributed by atoms with Crippen LogP contribution in [0, 0.1) is 0 Å². The molecule has 35 heavy (non-hydrogen) atoms. The Kier molecular flexibility index (Phi) is 6.72. The van der Waals surface area contributed by atoms with E-state index < -0.39 is 24.2 Å². The number of carboxylic acids is 1. The largest absolute Gasteiger partial charge is 0.481 e. The average Bonchev–Trinajstić information content (AvgIpc) is 3.45. The van der Waals surface area contributed by atoms with Crippen molar-refractivity contribution in [2.24, 2.45) is 0 Å². The van der Waals surface area contributed by atoms with Gasteiger partial charge in [0, 0.05) is 25.1 Å². The smallest absolute Gasteiger partial charge is 0.407 e. The fourth-order valence-corrected chi connectivity index (χ4v) is 5.64. The quantitative estimate of drug-likeness (QED) is 0.658. The van der Waals surface area contributed by atoms with Crippen molar-refractivity contribution in [1.82, 2.24) is 10.2 Å². The molecule has 5 rings (SSSR count). The first-order chi connectivity index (χ1) is 17.0. The lowest BCUT2D eigenvalue weighted by molar-refractivity contribution is -0.148. The molecule has 1 aliphatic carbocycles. The molecule has 3 atom stereocenters. The van der Waals surface area contributed by atoms with Crippen LogP contribution in [0.4, 0.5) is 4.79 Å². The summed E-state index contributed by atoms with van der Waals surface area (Å²) in [6.45, 7) is 1.05. The maximum Gasteiger partial charge on any atom is 0.407 e. The Morgan fingerprint density at radius 1 is 1.00 bits per heavy atom. The predicted octanol–water partition coefficient (Wildman–Crippen LogP) is 3.54. The fourth-order valence-electron chi connectivity index (χ4n) is 5.64. The zero-order valence-corrected chi connectivity index (χ0v) is 19.5. The van der Waals surface area contributed by atoms with Crippen LogP contribution in [0.25, 0.3) is 11.1 Å². The number of alkyl carbamates (subject to hydrolysis) is 1. The zero-order valence-electron chi connectivity index (χ0n) is 19.5. The molecule has 2 heterocycles. The molecule has 2 aliphatic heterocycles. The van der Waals surface area contributed by atoms with E-state index in [1.165, 1.54) is 0 Å². The minimum atomic E-state index is -0.921. The SMILES string of the molecule is O=C(O)C[C@@H]1CCCCN1C(=O)[C@@H]1OCC[C@@H]1NC(=O)OCC1c2ccccc2-c2ccccc21. The summed E-state index contributed by atoms with van der Waals surface area (Å²) in [6, 6.07) is 15.4. The summed E-state index contributed by atoms with van der Waals surface area (Å²) in [5.74, 6) is -1.22. The van der Waals surface area contributed by atoms with Crippen LogP contribution in [0.1, 0.15) is 49.1 Å². The molecule has 0 spiro atoms. The number of nitrogens with zero attached hydrogens (tertiary/aromatic N) is 1. The van der Waals surface area contributed by atoms with E-state index in [1.54, 1.807) is 4.90 Å². The number of carbonyl (C=O) groups excluding carboxylic acids is 2. The molecule has 0 saturated carbocycles. The normalized spacial score (nSPS) is 23.4. The first-order valence-corrected chi connectivity index (χ1v) is 12.3. The summed E-state index contributed by atoms with van der Waals surface area (Å²) in [5, 5.41) is 12.1. The molecule has 2 N–H and O–H groups in total. The van der Waals surface area contributed by atoms with Crippen molar-refractivity contribution in [3.63, 3.8) is 0 Å². The van der Waals surface area contributed by atoms with Crippen molar-refractivity contribution in [2.45, 2.75) is 56.2 Å². The van der Waals surface area contributed by atoms with Crippen molar-refractivity contribution in [3.05, 3.63) is 59.7 Å². The molecule has 0 aromatic heterocycles. The van der Waals surface area contributed by atoms with Gasteiger partial charge in [-0.3, -0.25) is 9.59 Å². The Hall–Kier alpha value is -3.39. The molecule has 184 valence electrons. The third-order valence-corrected chi connectivity index (χ3v) is 7.30. The minimum Gasteiger partial charge on any atom is -0.481 e. The van der Waals surface area contributed by atoms with Gasteiger partial charge in [0.25, 0.3) is 5.91 Å². The number of hydrogen-bond donors (Lipinski definition) is 2. The number of ether oxygens (including phenoxy) is 2. The molecule has 0 unspecified atom stereocenters. The molecule has 0 bridgehead atoms. The van der Waals surface area contributed by atoms with E-state index >= 15 is 0 Å². The Labute approximate surface area is 204 Å². The summed E-state index contributed by atoms with van der Waals surface area (Å²) in [7, 11) is 0. The van der Waals surface area contributed by atoms with E-state index in [0.29, 0.717) is 26.0 Å². The molecule has 2 aromatic carbocycles. The van der Waals surface area contributed by atoms with Crippen LogP contribution in [0.15, 0.2) is 48.5 Å². The highest BCUT2D eigenvalue weighted by atomic mass is 16.6. The first-order valence-electron chi connectivity index (χ1n) is 12.3. The number of hydrogen-bond acceptors (Lipinski definition) is 5. The number of likely N-dealkylation sites (tertiary alicyclic amines) is 1. The van der Waals surface area contributed by atoms with Crippen molar-refractivity contribution in [2.75, 3.05) is 19.8 Å². The van der Waals surface area contributed by atoms with Gasteiger partial charge < -0.3 is 24.8 Å². The van der Waals surface area contributed by atoms with Crippen LogP contribution >= 0.6 is 0 Å². The van der Waals surface area contributed by atoms with Crippen molar-refractivity contribution in [1.29, 1.82) is 0 Å². The van der Waals surface area contributed by atoms with Crippen molar-refractivity contribution in [3.8, 4) is 11.1 Å². The summed E-state index contributed by atoms with van der Waals surface area (Å²) >= 11 is 0. The topological polar surface area (TPSA) is 105 Å². The van der Waals surface area contributed by atoms with E-state index in [4.69, 9.17) is 9.47 Å². The summed E-state index contributed by atoms with van der Waals surface area (Å²) < 4.78 is 11.3. The van der Waals surface area contributed by atoms with Crippen LogP contribution in [0.2, 0.25) is 0 Å². The molecule has 0 radical (unpaired) electrons.